The number of ether oxygens (including phenoxy) is 3. The van der Waals surface area contributed by atoms with E-state index >= 15 is 0 Å². The van der Waals surface area contributed by atoms with Gasteiger partial charge < -0.3 is 24.4 Å². The summed E-state index contributed by atoms with van der Waals surface area (Å²) in [6.45, 7) is 1.55. The molecular weight excluding hydrogens is 469 g/mol. The van der Waals surface area contributed by atoms with Crippen molar-refractivity contribution in [3.63, 3.8) is 0 Å². The number of carbonyl (C=O) groups is 2. The lowest BCUT2D eigenvalue weighted by atomic mass is 10.1. The molecule has 1 N–H and O–H groups in total. The highest BCUT2D eigenvalue weighted by molar-refractivity contribution is 6.34. The lowest BCUT2D eigenvalue weighted by molar-refractivity contribution is -0.141. The van der Waals surface area contributed by atoms with Crippen LogP contribution in [-0.2, 0) is 4.79 Å². The van der Waals surface area contributed by atoms with Crippen molar-refractivity contribution >= 4 is 23.4 Å². The molecule has 9 nitrogen and oxygen atoms in total. The number of alkyl halides is 3. The molecule has 0 saturated heterocycles. The molecule has 0 spiro atoms. The van der Waals surface area contributed by atoms with Crippen LogP contribution in [-0.4, -0.2) is 65.2 Å². The Kier molecular flexibility index (Phi) is 7.46. The minimum Gasteiger partial charge on any atom is -0.489 e. The maximum Gasteiger partial charge on any atom is 0.406 e. The van der Waals surface area contributed by atoms with Gasteiger partial charge in [0.25, 0.3) is 5.91 Å². The second-order valence-corrected chi connectivity index (χ2v) is 7.53. The number of hydrogen-bond acceptors (Lipinski definition) is 7. The average Bonchev–Trinajstić information content (AvgIpc) is 2.87. The topological polar surface area (TPSA) is 103 Å². The van der Waals surface area contributed by atoms with Gasteiger partial charge in [0.2, 0.25) is 17.7 Å². The van der Waals surface area contributed by atoms with E-state index in [1.807, 2.05) is 0 Å². The molecule has 1 aliphatic rings. The summed E-state index contributed by atoms with van der Waals surface area (Å²) in [4.78, 5) is 32.3. The first kappa shape index (κ1) is 24.4. The summed E-state index contributed by atoms with van der Waals surface area (Å²) in [5, 5.41) is 2.58. The molecule has 3 rings (SSSR count). The smallest absolute Gasteiger partial charge is 0.406 e. The summed E-state index contributed by atoms with van der Waals surface area (Å²) in [6, 6.07) is 2.39. The van der Waals surface area contributed by atoms with Gasteiger partial charge in [-0.15, -0.1) is 0 Å². The zero-order chi connectivity index (χ0) is 24.2. The molecule has 0 fully saturated rings. The van der Waals surface area contributed by atoms with Gasteiger partial charge in [-0.05, 0) is 19.1 Å². The predicted octanol–water partition coefficient (Wildman–Crippen LogP) is 3.22. The van der Waals surface area contributed by atoms with Crippen LogP contribution in [0.5, 0.6) is 23.3 Å². The van der Waals surface area contributed by atoms with Gasteiger partial charge in [0.1, 0.15) is 24.8 Å². The Morgan fingerprint density at radius 3 is 2.64 bits per heavy atom. The molecule has 0 aliphatic carbocycles. The third kappa shape index (κ3) is 6.60. The summed E-state index contributed by atoms with van der Waals surface area (Å²) in [5.74, 6) is -0.761. The molecule has 2 amide bonds. The molecule has 33 heavy (non-hydrogen) atoms. The minimum atomic E-state index is -4.54. The first-order valence-electron chi connectivity index (χ1n) is 9.74. The Morgan fingerprint density at radius 2 is 2.00 bits per heavy atom. The lowest BCUT2D eigenvalue weighted by Gasteiger charge is -2.21. The van der Waals surface area contributed by atoms with E-state index in [9.17, 15) is 22.8 Å². The van der Waals surface area contributed by atoms with Gasteiger partial charge in [-0.1, -0.05) is 11.6 Å². The first-order chi connectivity index (χ1) is 15.5. The number of amides is 2. The second-order valence-electron chi connectivity index (χ2n) is 7.15. The monoisotopic (exact) mass is 488 g/mol. The molecule has 2 aromatic rings. The van der Waals surface area contributed by atoms with Crippen LogP contribution in [0.25, 0.3) is 0 Å². The zero-order valence-corrected chi connectivity index (χ0v) is 18.4. The number of halogens is 4. The minimum absolute atomic E-state index is 0.0535. The van der Waals surface area contributed by atoms with Crippen molar-refractivity contribution in [3.8, 4) is 23.3 Å². The van der Waals surface area contributed by atoms with E-state index in [4.69, 9.17) is 25.8 Å². The van der Waals surface area contributed by atoms with E-state index < -0.39 is 18.6 Å². The summed E-state index contributed by atoms with van der Waals surface area (Å²) in [6.07, 6.45) is -1.96. The molecule has 0 unspecified atom stereocenters. The van der Waals surface area contributed by atoms with Gasteiger partial charge in [-0.25, -0.2) is 9.97 Å². The van der Waals surface area contributed by atoms with Crippen molar-refractivity contribution in [2.75, 3.05) is 26.3 Å². The SMILES string of the molecule is CC(=O)N[C@@H](C)COc1cnc(Oc2ccc3c(c2Cl)OCCN(CC(F)(F)F)C3=O)cn1. The Bertz CT molecular complexity index is 1020. The number of nitrogens with zero attached hydrogens (tertiary/aromatic N) is 3. The van der Waals surface area contributed by atoms with Crippen LogP contribution >= 0.6 is 11.6 Å². The Labute approximate surface area is 191 Å². The highest BCUT2D eigenvalue weighted by Crippen LogP contribution is 2.40. The van der Waals surface area contributed by atoms with Gasteiger partial charge in [0.15, 0.2) is 11.5 Å². The summed E-state index contributed by atoms with van der Waals surface area (Å²) in [7, 11) is 0. The summed E-state index contributed by atoms with van der Waals surface area (Å²) >= 11 is 6.30. The third-order valence-corrected chi connectivity index (χ3v) is 4.66. The van der Waals surface area contributed by atoms with Crippen molar-refractivity contribution < 1.29 is 37.0 Å². The Balaban J connectivity index is 1.70. The Hall–Kier alpha value is -3.28. The number of hydrogen-bond donors (Lipinski definition) is 1. The number of benzene rings is 1. The number of carbonyl (C=O) groups excluding carboxylic acids is 2. The largest absolute Gasteiger partial charge is 0.489 e. The Morgan fingerprint density at radius 1 is 1.30 bits per heavy atom. The van der Waals surface area contributed by atoms with E-state index in [-0.39, 0.29) is 65.6 Å². The van der Waals surface area contributed by atoms with Gasteiger partial charge in [-0.2, -0.15) is 13.2 Å². The summed E-state index contributed by atoms with van der Waals surface area (Å²) in [5.41, 5.74) is -0.0998. The standard InChI is InChI=1S/C20H20ClF3N4O5/c1-11(27-12(2)29)9-32-15-7-26-16(8-25-15)33-14-4-3-13-18(17(14)21)31-6-5-28(19(13)30)10-20(22,23)24/h3-4,7-8,11H,5-6,9-10H2,1-2H3,(H,27,29)/t11-/m0/s1. The molecule has 1 aromatic carbocycles. The molecular formula is C20H20ClF3N4O5. The van der Waals surface area contributed by atoms with E-state index in [1.165, 1.54) is 31.5 Å². The molecule has 13 heteroatoms. The molecule has 1 aromatic heterocycles. The average molecular weight is 489 g/mol. The highest BCUT2D eigenvalue weighted by Gasteiger charge is 2.36. The molecule has 0 radical (unpaired) electrons. The van der Waals surface area contributed by atoms with E-state index in [0.29, 0.717) is 4.90 Å². The summed E-state index contributed by atoms with van der Waals surface area (Å²) < 4.78 is 54.7. The van der Waals surface area contributed by atoms with Crippen molar-refractivity contribution in [3.05, 3.63) is 35.1 Å². The van der Waals surface area contributed by atoms with Gasteiger partial charge in [-0.3, -0.25) is 9.59 Å². The van der Waals surface area contributed by atoms with Crippen LogP contribution in [0.3, 0.4) is 0 Å². The second kappa shape index (κ2) is 10.1. The van der Waals surface area contributed by atoms with Crippen molar-refractivity contribution in [1.82, 2.24) is 20.2 Å². The van der Waals surface area contributed by atoms with Crippen LogP contribution in [0, 0.1) is 0 Å². The lowest BCUT2D eigenvalue weighted by Crippen LogP contribution is -2.39. The van der Waals surface area contributed by atoms with E-state index in [2.05, 4.69) is 15.3 Å². The van der Waals surface area contributed by atoms with Crippen molar-refractivity contribution in [1.29, 1.82) is 0 Å². The highest BCUT2D eigenvalue weighted by atomic mass is 35.5. The molecule has 0 bridgehead atoms. The number of fused-ring (bicyclic) bond motifs is 1. The number of aromatic nitrogens is 2. The van der Waals surface area contributed by atoms with Crippen LogP contribution in [0.1, 0.15) is 24.2 Å². The van der Waals surface area contributed by atoms with Crippen LogP contribution < -0.4 is 19.5 Å². The van der Waals surface area contributed by atoms with E-state index in [1.54, 1.807) is 6.92 Å². The predicted molar refractivity (Wildman–Crippen MR) is 110 cm³/mol. The van der Waals surface area contributed by atoms with Crippen LogP contribution in [0.15, 0.2) is 24.5 Å². The van der Waals surface area contributed by atoms with Crippen molar-refractivity contribution in [2.24, 2.45) is 0 Å². The van der Waals surface area contributed by atoms with Crippen LogP contribution in [0.2, 0.25) is 5.02 Å². The van der Waals surface area contributed by atoms with Gasteiger partial charge >= 0.3 is 6.18 Å². The quantitative estimate of drug-likeness (QED) is 0.638. The zero-order valence-electron chi connectivity index (χ0n) is 17.6. The first-order valence-corrected chi connectivity index (χ1v) is 10.1. The fourth-order valence-electron chi connectivity index (χ4n) is 2.97. The molecule has 178 valence electrons. The fraction of sp³-hybridized carbons (Fsp3) is 0.400. The van der Waals surface area contributed by atoms with E-state index in [0.717, 1.165) is 0 Å². The normalized spacial score (nSPS) is 14.6. The van der Waals surface area contributed by atoms with Gasteiger partial charge in [0.05, 0.1) is 30.5 Å². The maximum absolute atomic E-state index is 12.8. The number of nitrogens with one attached hydrogen (secondary N) is 1. The number of rotatable bonds is 7. The fourth-order valence-corrected chi connectivity index (χ4v) is 3.22. The molecule has 1 atom stereocenters. The van der Waals surface area contributed by atoms with Gasteiger partial charge in [0, 0.05) is 6.92 Å². The molecule has 0 saturated carbocycles. The maximum atomic E-state index is 12.8. The third-order valence-electron chi connectivity index (χ3n) is 4.31. The molecule has 1 aliphatic heterocycles. The van der Waals surface area contributed by atoms with Crippen molar-refractivity contribution in [2.45, 2.75) is 26.1 Å². The van der Waals surface area contributed by atoms with Crippen LogP contribution in [0.4, 0.5) is 13.2 Å². The molecule has 2 heterocycles.